The molecule has 0 aliphatic heterocycles. The second-order valence-electron chi connectivity index (χ2n) is 2.42. The van der Waals surface area contributed by atoms with Crippen LogP contribution < -0.4 is 5.73 Å². The monoisotopic (exact) mass is 198 g/mol. The van der Waals surface area contributed by atoms with E-state index in [1.165, 1.54) is 11.8 Å². The molecule has 0 radical (unpaired) electrons. The minimum absolute atomic E-state index is 0.558. The number of nitrogens with two attached hydrogens (primary N) is 1. The van der Waals surface area contributed by atoms with Crippen LogP contribution in [0.25, 0.3) is 0 Å². The molecule has 5 heteroatoms. The molecule has 0 aromatic carbocycles. The molecule has 3 N–H and O–H groups in total. The Kier molecular flexibility index (Phi) is 3.27. The fourth-order valence-corrected chi connectivity index (χ4v) is 1.54. The van der Waals surface area contributed by atoms with Gasteiger partial charge in [0.1, 0.15) is 11.1 Å². The van der Waals surface area contributed by atoms with E-state index < -0.39 is 12.0 Å². The van der Waals surface area contributed by atoms with E-state index >= 15 is 0 Å². The number of aromatic nitrogens is 1. The normalized spacial score (nSPS) is 12.5. The zero-order valence-electron chi connectivity index (χ0n) is 7.10. The van der Waals surface area contributed by atoms with E-state index in [1.807, 2.05) is 6.26 Å². The van der Waals surface area contributed by atoms with Crippen LogP contribution in [0.2, 0.25) is 0 Å². The lowest BCUT2D eigenvalue weighted by molar-refractivity contribution is -0.138. The number of hydrogen-bond donors (Lipinski definition) is 2. The van der Waals surface area contributed by atoms with Crippen molar-refractivity contribution in [1.29, 1.82) is 0 Å². The fraction of sp³-hybridized carbons (Fsp3) is 0.250. The summed E-state index contributed by atoms with van der Waals surface area (Å²) in [4.78, 5) is 14.6. The van der Waals surface area contributed by atoms with E-state index in [0.717, 1.165) is 0 Å². The zero-order chi connectivity index (χ0) is 9.84. The Hall–Kier alpha value is -1.07. The SMILES string of the molecule is CSc1ncccc1C(N)C(=O)O. The molecule has 4 nitrogen and oxygen atoms in total. The largest absolute Gasteiger partial charge is 0.480 e. The van der Waals surface area contributed by atoms with Crippen LogP contribution in [0, 0.1) is 0 Å². The Bertz CT molecular complexity index is 317. The van der Waals surface area contributed by atoms with Crippen molar-refractivity contribution in [3.05, 3.63) is 23.9 Å². The van der Waals surface area contributed by atoms with Crippen LogP contribution >= 0.6 is 11.8 Å². The zero-order valence-corrected chi connectivity index (χ0v) is 7.91. The van der Waals surface area contributed by atoms with E-state index in [-0.39, 0.29) is 0 Å². The van der Waals surface area contributed by atoms with Gasteiger partial charge in [-0.25, -0.2) is 4.98 Å². The summed E-state index contributed by atoms with van der Waals surface area (Å²) in [5.41, 5.74) is 6.02. The van der Waals surface area contributed by atoms with Gasteiger partial charge in [0.15, 0.2) is 0 Å². The number of carboxylic acid groups (broad SMARTS) is 1. The molecular weight excluding hydrogens is 188 g/mol. The van der Waals surface area contributed by atoms with Gasteiger partial charge in [0.05, 0.1) is 0 Å². The van der Waals surface area contributed by atoms with Gasteiger partial charge in [-0.1, -0.05) is 6.07 Å². The van der Waals surface area contributed by atoms with Crippen molar-refractivity contribution in [2.75, 3.05) is 6.26 Å². The Morgan fingerprint density at radius 3 is 3.00 bits per heavy atom. The van der Waals surface area contributed by atoms with Crippen molar-refractivity contribution in [2.24, 2.45) is 5.73 Å². The summed E-state index contributed by atoms with van der Waals surface area (Å²) in [6.07, 6.45) is 3.45. The number of hydrogen-bond acceptors (Lipinski definition) is 4. The topological polar surface area (TPSA) is 76.2 Å². The van der Waals surface area contributed by atoms with Crippen molar-refractivity contribution in [1.82, 2.24) is 4.98 Å². The summed E-state index contributed by atoms with van der Waals surface area (Å²) in [7, 11) is 0. The Labute approximate surface area is 80.2 Å². The van der Waals surface area contributed by atoms with Gasteiger partial charge in [-0.05, 0) is 12.3 Å². The van der Waals surface area contributed by atoms with Crippen LogP contribution in [0.1, 0.15) is 11.6 Å². The lowest BCUT2D eigenvalue weighted by atomic mass is 10.1. The highest BCUT2D eigenvalue weighted by Crippen LogP contribution is 2.21. The highest BCUT2D eigenvalue weighted by molar-refractivity contribution is 7.98. The highest BCUT2D eigenvalue weighted by atomic mass is 32.2. The standard InChI is InChI=1S/C8H10N2O2S/c1-13-7-5(3-2-4-10-7)6(9)8(11)12/h2-4,6H,9H2,1H3,(H,11,12). The van der Waals surface area contributed by atoms with Gasteiger partial charge in [-0.15, -0.1) is 11.8 Å². The lowest BCUT2D eigenvalue weighted by Crippen LogP contribution is -2.21. The maximum atomic E-state index is 10.6. The van der Waals surface area contributed by atoms with E-state index in [4.69, 9.17) is 10.8 Å². The molecule has 1 aromatic heterocycles. The summed E-state index contributed by atoms with van der Waals surface area (Å²) in [6, 6.07) is 2.37. The molecule has 1 unspecified atom stereocenters. The lowest BCUT2D eigenvalue weighted by Gasteiger charge is -2.09. The molecule has 0 aliphatic carbocycles. The van der Waals surface area contributed by atoms with Crippen molar-refractivity contribution < 1.29 is 9.90 Å². The van der Waals surface area contributed by atoms with Crippen LogP contribution in [-0.4, -0.2) is 22.3 Å². The van der Waals surface area contributed by atoms with Gasteiger partial charge in [0.25, 0.3) is 0 Å². The van der Waals surface area contributed by atoms with Crippen molar-refractivity contribution in [3.63, 3.8) is 0 Å². The summed E-state index contributed by atoms with van der Waals surface area (Å²) < 4.78 is 0. The first-order chi connectivity index (χ1) is 6.16. The van der Waals surface area contributed by atoms with Crippen LogP contribution in [0.4, 0.5) is 0 Å². The van der Waals surface area contributed by atoms with Gasteiger partial charge in [-0.2, -0.15) is 0 Å². The Morgan fingerprint density at radius 1 is 1.77 bits per heavy atom. The van der Waals surface area contributed by atoms with Gasteiger partial charge in [0.2, 0.25) is 0 Å². The number of carbonyl (C=O) groups is 1. The number of aliphatic carboxylic acids is 1. The average molecular weight is 198 g/mol. The quantitative estimate of drug-likeness (QED) is 0.705. The minimum atomic E-state index is -1.04. The molecule has 0 bridgehead atoms. The first-order valence-electron chi connectivity index (χ1n) is 3.64. The molecule has 1 rings (SSSR count). The summed E-state index contributed by atoms with van der Waals surface area (Å²) >= 11 is 1.39. The van der Waals surface area contributed by atoms with Gasteiger partial charge in [0, 0.05) is 11.8 Å². The third-order valence-corrected chi connectivity index (χ3v) is 2.32. The van der Waals surface area contributed by atoms with Crippen molar-refractivity contribution in [3.8, 4) is 0 Å². The first kappa shape index (κ1) is 10.0. The van der Waals surface area contributed by atoms with Crippen LogP contribution in [0.5, 0.6) is 0 Å². The summed E-state index contributed by atoms with van der Waals surface area (Å²) in [5.74, 6) is -1.04. The maximum absolute atomic E-state index is 10.6. The first-order valence-corrected chi connectivity index (χ1v) is 4.86. The number of rotatable bonds is 3. The number of pyridine rings is 1. The highest BCUT2D eigenvalue weighted by Gasteiger charge is 2.17. The predicted molar refractivity (Wildman–Crippen MR) is 50.6 cm³/mol. The molecule has 1 aromatic rings. The third-order valence-electron chi connectivity index (χ3n) is 1.60. The second-order valence-corrected chi connectivity index (χ2v) is 3.21. The van der Waals surface area contributed by atoms with Crippen LogP contribution in [0.15, 0.2) is 23.4 Å². The minimum Gasteiger partial charge on any atom is -0.480 e. The van der Waals surface area contributed by atoms with Crippen LogP contribution in [0.3, 0.4) is 0 Å². The molecule has 1 heterocycles. The van der Waals surface area contributed by atoms with E-state index in [1.54, 1.807) is 18.3 Å². The summed E-state index contributed by atoms with van der Waals surface area (Å²) in [6.45, 7) is 0. The van der Waals surface area contributed by atoms with E-state index in [9.17, 15) is 4.79 Å². The average Bonchev–Trinajstić information content (AvgIpc) is 2.16. The number of carboxylic acids is 1. The van der Waals surface area contributed by atoms with Gasteiger partial charge < -0.3 is 10.8 Å². The molecule has 0 saturated heterocycles. The molecule has 0 spiro atoms. The molecular formula is C8H10N2O2S. The maximum Gasteiger partial charge on any atom is 0.325 e. The Morgan fingerprint density at radius 2 is 2.46 bits per heavy atom. The smallest absolute Gasteiger partial charge is 0.325 e. The van der Waals surface area contributed by atoms with Crippen molar-refractivity contribution >= 4 is 17.7 Å². The van der Waals surface area contributed by atoms with Crippen LogP contribution in [-0.2, 0) is 4.79 Å². The molecule has 1 atom stereocenters. The predicted octanol–water partition coefficient (Wildman–Crippen LogP) is 0.888. The molecule has 13 heavy (non-hydrogen) atoms. The molecule has 0 fully saturated rings. The molecule has 70 valence electrons. The number of thioether (sulfide) groups is 1. The number of nitrogens with zero attached hydrogens (tertiary/aromatic N) is 1. The third kappa shape index (κ3) is 2.19. The molecule has 0 aliphatic rings. The van der Waals surface area contributed by atoms with Gasteiger partial charge in [-0.3, -0.25) is 4.79 Å². The fourth-order valence-electron chi connectivity index (χ4n) is 0.944. The van der Waals surface area contributed by atoms with E-state index in [0.29, 0.717) is 10.6 Å². The summed E-state index contributed by atoms with van der Waals surface area (Å²) in [5, 5.41) is 9.36. The Balaban J connectivity index is 3.05. The molecule has 0 amide bonds. The van der Waals surface area contributed by atoms with E-state index in [2.05, 4.69) is 4.98 Å². The molecule has 0 saturated carbocycles. The second kappa shape index (κ2) is 4.25. The van der Waals surface area contributed by atoms with Crippen molar-refractivity contribution in [2.45, 2.75) is 11.1 Å². The van der Waals surface area contributed by atoms with Gasteiger partial charge >= 0.3 is 5.97 Å².